The minimum atomic E-state index is -0.364. The van der Waals surface area contributed by atoms with Crippen LogP contribution in [0.25, 0.3) is 0 Å². The van der Waals surface area contributed by atoms with Gasteiger partial charge in [-0.05, 0) is 24.3 Å². The molecule has 1 aliphatic rings. The fourth-order valence-corrected chi connectivity index (χ4v) is 3.15. The maximum Gasteiger partial charge on any atom is 0.239 e. The predicted octanol–water partition coefficient (Wildman–Crippen LogP) is 4.59. The highest BCUT2D eigenvalue weighted by Gasteiger charge is 2.34. The maximum atomic E-state index is 13.3. The molecule has 4 rings (SSSR count). The van der Waals surface area contributed by atoms with Crippen molar-refractivity contribution in [3.8, 4) is 11.5 Å². The van der Waals surface area contributed by atoms with E-state index >= 15 is 0 Å². The second-order valence-electron chi connectivity index (χ2n) is 5.84. The molecule has 0 aliphatic carbocycles. The lowest BCUT2D eigenvalue weighted by Crippen LogP contribution is -2.33. The molecule has 0 spiro atoms. The number of ether oxygens (including phenoxy) is 1. The van der Waals surface area contributed by atoms with Gasteiger partial charge in [0.15, 0.2) is 0 Å². The lowest BCUT2D eigenvalue weighted by molar-refractivity contribution is -0.119. The van der Waals surface area contributed by atoms with Gasteiger partial charge < -0.3 is 9.64 Å². The normalized spacial score (nSPS) is 12.7. The zero-order valence-electron chi connectivity index (χ0n) is 13.3. The number of carbonyl (C=O) groups is 1. The maximum absolute atomic E-state index is 13.3. The first kappa shape index (κ1) is 14.5. The summed E-state index contributed by atoms with van der Waals surface area (Å²) in [7, 11) is 1.82. The number of benzene rings is 3. The van der Waals surface area contributed by atoms with E-state index in [9.17, 15) is 4.79 Å². The van der Waals surface area contributed by atoms with Crippen LogP contribution in [0.5, 0.6) is 11.5 Å². The summed E-state index contributed by atoms with van der Waals surface area (Å²) < 4.78 is 5.97. The molecule has 1 amide bonds. The van der Waals surface area contributed by atoms with Crippen molar-refractivity contribution >= 4 is 11.6 Å². The van der Waals surface area contributed by atoms with Crippen LogP contribution in [0, 0.1) is 0 Å². The van der Waals surface area contributed by atoms with Gasteiger partial charge in [0.1, 0.15) is 11.5 Å². The number of fused-ring (bicyclic) bond motifs is 2. The summed E-state index contributed by atoms with van der Waals surface area (Å²) in [5, 5.41) is 0. The van der Waals surface area contributed by atoms with Crippen LogP contribution in [0.1, 0.15) is 17.0 Å². The quantitative estimate of drug-likeness (QED) is 0.692. The molecule has 118 valence electrons. The summed E-state index contributed by atoms with van der Waals surface area (Å²) in [4.78, 5) is 15.0. The van der Waals surface area contributed by atoms with Crippen LogP contribution in [0.3, 0.4) is 0 Å². The second kappa shape index (κ2) is 5.85. The third kappa shape index (κ3) is 2.35. The monoisotopic (exact) mass is 315 g/mol. The summed E-state index contributed by atoms with van der Waals surface area (Å²) in [6.45, 7) is 0. The number of anilines is 1. The zero-order chi connectivity index (χ0) is 16.5. The van der Waals surface area contributed by atoms with Crippen molar-refractivity contribution in [3.63, 3.8) is 0 Å². The summed E-state index contributed by atoms with van der Waals surface area (Å²) in [5.41, 5.74) is 2.69. The van der Waals surface area contributed by atoms with Gasteiger partial charge in [0.2, 0.25) is 5.91 Å². The first-order valence-electron chi connectivity index (χ1n) is 7.94. The Kier molecular flexibility index (Phi) is 3.54. The van der Waals surface area contributed by atoms with Gasteiger partial charge >= 0.3 is 0 Å². The van der Waals surface area contributed by atoms with E-state index in [4.69, 9.17) is 4.74 Å². The summed E-state index contributed by atoms with van der Waals surface area (Å²) in [5.74, 6) is 1.16. The lowest BCUT2D eigenvalue weighted by Gasteiger charge is -2.30. The molecule has 1 heterocycles. The number of rotatable bonds is 2. The van der Waals surface area contributed by atoms with Crippen LogP contribution in [0.15, 0.2) is 78.9 Å². The predicted molar refractivity (Wildman–Crippen MR) is 94.7 cm³/mol. The number of hydrogen-bond acceptors (Lipinski definition) is 2. The van der Waals surface area contributed by atoms with E-state index in [0.29, 0.717) is 0 Å². The first-order chi connectivity index (χ1) is 11.8. The molecule has 0 bridgehead atoms. The fourth-order valence-electron chi connectivity index (χ4n) is 3.15. The van der Waals surface area contributed by atoms with Crippen molar-refractivity contribution in [2.45, 2.75) is 5.92 Å². The standard InChI is InChI=1S/C21H17NO2/c1-22(15-9-3-2-4-10-15)21(23)20-16-11-5-7-13-18(16)24-19-14-8-6-12-17(19)20/h2-14,20H,1H3. The van der Waals surface area contributed by atoms with Crippen LogP contribution in [0.2, 0.25) is 0 Å². The average molecular weight is 315 g/mol. The first-order valence-corrected chi connectivity index (χ1v) is 7.94. The number of nitrogens with zero attached hydrogens (tertiary/aromatic N) is 1. The van der Waals surface area contributed by atoms with E-state index in [0.717, 1.165) is 28.3 Å². The van der Waals surface area contributed by atoms with Crippen LogP contribution < -0.4 is 9.64 Å². The SMILES string of the molecule is CN(C(=O)C1c2ccccc2Oc2ccccc21)c1ccccc1. The highest BCUT2D eigenvalue weighted by Crippen LogP contribution is 2.44. The van der Waals surface area contributed by atoms with Gasteiger partial charge in [-0.2, -0.15) is 0 Å². The van der Waals surface area contributed by atoms with Gasteiger partial charge in [0, 0.05) is 23.9 Å². The third-order valence-corrected chi connectivity index (χ3v) is 4.40. The Morgan fingerprint density at radius 2 is 1.29 bits per heavy atom. The molecule has 0 saturated heterocycles. The Morgan fingerprint density at radius 1 is 0.792 bits per heavy atom. The molecule has 0 saturated carbocycles. The Labute approximate surface area is 141 Å². The van der Waals surface area contributed by atoms with Crippen LogP contribution in [-0.2, 0) is 4.79 Å². The van der Waals surface area contributed by atoms with E-state index in [1.165, 1.54) is 0 Å². The van der Waals surface area contributed by atoms with E-state index in [1.54, 1.807) is 4.90 Å². The molecule has 3 aromatic rings. The van der Waals surface area contributed by atoms with E-state index in [1.807, 2.05) is 85.9 Å². The Hall–Kier alpha value is -3.07. The van der Waals surface area contributed by atoms with Crippen molar-refractivity contribution in [2.24, 2.45) is 0 Å². The summed E-state index contributed by atoms with van der Waals surface area (Å²) in [6, 6.07) is 25.2. The molecule has 3 aromatic carbocycles. The second-order valence-corrected chi connectivity index (χ2v) is 5.84. The molecule has 24 heavy (non-hydrogen) atoms. The lowest BCUT2D eigenvalue weighted by atomic mass is 9.87. The molecule has 0 N–H and O–H groups in total. The highest BCUT2D eigenvalue weighted by molar-refractivity contribution is 6.01. The molecule has 0 radical (unpaired) electrons. The van der Waals surface area contributed by atoms with Gasteiger partial charge in [-0.3, -0.25) is 4.79 Å². The Morgan fingerprint density at radius 3 is 1.88 bits per heavy atom. The van der Waals surface area contributed by atoms with Crippen molar-refractivity contribution < 1.29 is 9.53 Å². The van der Waals surface area contributed by atoms with Crippen molar-refractivity contribution in [2.75, 3.05) is 11.9 Å². The van der Waals surface area contributed by atoms with Crippen LogP contribution in [0.4, 0.5) is 5.69 Å². The number of likely N-dealkylation sites (N-methyl/N-ethyl adjacent to an activating group) is 1. The third-order valence-electron chi connectivity index (χ3n) is 4.40. The Bertz CT molecular complexity index is 844. The highest BCUT2D eigenvalue weighted by atomic mass is 16.5. The zero-order valence-corrected chi connectivity index (χ0v) is 13.3. The average Bonchev–Trinajstić information content (AvgIpc) is 2.65. The van der Waals surface area contributed by atoms with E-state index in [2.05, 4.69) is 0 Å². The van der Waals surface area contributed by atoms with Crippen molar-refractivity contribution in [1.29, 1.82) is 0 Å². The van der Waals surface area contributed by atoms with Gasteiger partial charge in [-0.15, -0.1) is 0 Å². The van der Waals surface area contributed by atoms with Crippen molar-refractivity contribution in [3.05, 3.63) is 90.0 Å². The van der Waals surface area contributed by atoms with Crippen LogP contribution in [-0.4, -0.2) is 13.0 Å². The number of para-hydroxylation sites is 3. The summed E-state index contributed by atoms with van der Waals surface area (Å²) in [6.07, 6.45) is 0. The van der Waals surface area contributed by atoms with Gasteiger partial charge in [-0.1, -0.05) is 54.6 Å². The molecule has 0 aromatic heterocycles. The minimum absolute atomic E-state index is 0.0319. The minimum Gasteiger partial charge on any atom is -0.457 e. The van der Waals surface area contributed by atoms with Gasteiger partial charge in [-0.25, -0.2) is 0 Å². The summed E-state index contributed by atoms with van der Waals surface area (Å²) >= 11 is 0. The number of amides is 1. The van der Waals surface area contributed by atoms with E-state index in [-0.39, 0.29) is 11.8 Å². The van der Waals surface area contributed by atoms with Gasteiger partial charge in [0.25, 0.3) is 0 Å². The fraction of sp³-hybridized carbons (Fsp3) is 0.0952. The van der Waals surface area contributed by atoms with E-state index < -0.39 is 0 Å². The molecule has 0 fully saturated rings. The molecular weight excluding hydrogens is 298 g/mol. The molecular formula is C21H17NO2. The molecule has 3 nitrogen and oxygen atoms in total. The topological polar surface area (TPSA) is 29.5 Å². The smallest absolute Gasteiger partial charge is 0.239 e. The molecule has 3 heteroatoms. The largest absolute Gasteiger partial charge is 0.457 e. The van der Waals surface area contributed by atoms with Gasteiger partial charge in [0.05, 0.1) is 5.92 Å². The number of hydrogen-bond donors (Lipinski definition) is 0. The van der Waals surface area contributed by atoms with Crippen molar-refractivity contribution in [1.82, 2.24) is 0 Å². The molecule has 1 aliphatic heterocycles. The molecule has 0 unspecified atom stereocenters. The molecule has 0 atom stereocenters. The number of carbonyl (C=O) groups excluding carboxylic acids is 1. The van der Waals surface area contributed by atoms with Crippen LogP contribution >= 0.6 is 0 Å². The Balaban J connectivity index is 1.81.